The Morgan fingerprint density at radius 1 is 1.17 bits per heavy atom. The number of carbonyl (C=O) groups excluding carboxylic acids is 1. The quantitative estimate of drug-likeness (QED) is 0.887. The fourth-order valence-corrected chi connectivity index (χ4v) is 2.74. The van der Waals surface area contributed by atoms with Gasteiger partial charge in [0.05, 0.1) is 0 Å². The maximum Gasteiger partial charge on any atom is 0.251 e. The number of carbonyl (C=O) groups is 1. The molecular formula is C15H22N2O. The summed E-state index contributed by atoms with van der Waals surface area (Å²) in [6, 6.07) is 10.2. The Labute approximate surface area is 109 Å². The number of rotatable bonds is 3. The summed E-state index contributed by atoms with van der Waals surface area (Å²) in [5.74, 6) is 0.0503. The Morgan fingerprint density at radius 2 is 1.83 bits per heavy atom. The Morgan fingerprint density at radius 3 is 2.50 bits per heavy atom. The molecule has 1 N–H and O–H groups in total. The Balaban J connectivity index is 2.01. The molecule has 0 saturated heterocycles. The van der Waals surface area contributed by atoms with Crippen molar-refractivity contribution >= 4 is 5.91 Å². The minimum absolute atomic E-state index is 0.0503. The number of nitrogens with zero attached hydrogens (tertiary/aromatic N) is 1. The highest BCUT2D eigenvalue weighted by Crippen LogP contribution is 2.22. The van der Waals surface area contributed by atoms with Crippen LogP contribution in [0.15, 0.2) is 30.3 Å². The van der Waals surface area contributed by atoms with E-state index in [9.17, 15) is 4.79 Å². The van der Waals surface area contributed by atoms with Gasteiger partial charge in [0.2, 0.25) is 0 Å². The molecule has 2 atom stereocenters. The van der Waals surface area contributed by atoms with Gasteiger partial charge in [-0.05, 0) is 39.1 Å². The van der Waals surface area contributed by atoms with Crippen molar-refractivity contribution in [3.8, 4) is 0 Å². The van der Waals surface area contributed by atoms with Crippen molar-refractivity contribution in [2.24, 2.45) is 0 Å². The first-order valence-corrected chi connectivity index (χ1v) is 6.71. The molecule has 2 rings (SSSR count). The molecule has 0 bridgehead atoms. The second-order valence-corrected chi connectivity index (χ2v) is 5.26. The molecule has 98 valence electrons. The van der Waals surface area contributed by atoms with Crippen LogP contribution >= 0.6 is 0 Å². The van der Waals surface area contributed by atoms with Gasteiger partial charge in [-0.2, -0.15) is 0 Å². The largest absolute Gasteiger partial charge is 0.348 e. The van der Waals surface area contributed by atoms with Crippen molar-refractivity contribution in [3.63, 3.8) is 0 Å². The Hall–Kier alpha value is -1.35. The molecule has 1 aliphatic carbocycles. The average molecular weight is 246 g/mol. The van der Waals surface area contributed by atoms with Gasteiger partial charge in [0, 0.05) is 17.6 Å². The van der Waals surface area contributed by atoms with E-state index in [1.807, 2.05) is 30.3 Å². The fraction of sp³-hybridized carbons (Fsp3) is 0.533. The number of hydrogen-bond acceptors (Lipinski definition) is 2. The van der Waals surface area contributed by atoms with E-state index in [-0.39, 0.29) is 11.9 Å². The first-order chi connectivity index (χ1) is 8.68. The molecular weight excluding hydrogens is 224 g/mol. The molecule has 1 saturated carbocycles. The minimum Gasteiger partial charge on any atom is -0.348 e. The number of benzene rings is 1. The number of hydrogen-bond donors (Lipinski definition) is 1. The third-order valence-corrected chi connectivity index (χ3v) is 3.75. The molecule has 0 spiro atoms. The predicted molar refractivity (Wildman–Crippen MR) is 73.6 cm³/mol. The summed E-state index contributed by atoms with van der Waals surface area (Å²) in [6.45, 7) is 0. The van der Waals surface area contributed by atoms with Crippen LogP contribution in [0.25, 0.3) is 0 Å². The normalized spacial score (nSPS) is 23.9. The summed E-state index contributed by atoms with van der Waals surface area (Å²) >= 11 is 0. The summed E-state index contributed by atoms with van der Waals surface area (Å²) in [6.07, 6.45) is 4.73. The molecule has 1 aliphatic rings. The molecule has 3 heteroatoms. The van der Waals surface area contributed by atoms with Crippen LogP contribution in [0.4, 0.5) is 0 Å². The second-order valence-electron chi connectivity index (χ2n) is 5.26. The summed E-state index contributed by atoms with van der Waals surface area (Å²) in [7, 11) is 4.19. The summed E-state index contributed by atoms with van der Waals surface area (Å²) < 4.78 is 0. The smallest absolute Gasteiger partial charge is 0.251 e. The Kier molecular flexibility index (Phi) is 4.37. The van der Waals surface area contributed by atoms with Gasteiger partial charge in [-0.1, -0.05) is 31.0 Å². The average Bonchev–Trinajstić information content (AvgIpc) is 2.40. The number of amides is 1. The highest BCUT2D eigenvalue weighted by molar-refractivity contribution is 5.94. The van der Waals surface area contributed by atoms with Gasteiger partial charge in [0.1, 0.15) is 0 Å². The maximum absolute atomic E-state index is 12.2. The maximum atomic E-state index is 12.2. The zero-order chi connectivity index (χ0) is 13.0. The predicted octanol–water partition coefficient (Wildman–Crippen LogP) is 2.29. The Bertz CT molecular complexity index is 389. The molecule has 2 unspecified atom stereocenters. The van der Waals surface area contributed by atoms with Crippen LogP contribution in [0.2, 0.25) is 0 Å². The van der Waals surface area contributed by atoms with E-state index in [2.05, 4.69) is 24.3 Å². The van der Waals surface area contributed by atoms with Crippen LogP contribution in [0.5, 0.6) is 0 Å². The summed E-state index contributed by atoms with van der Waals surface area (Å²) in [5, 5.41) is 3.19. The van der Waals surface area contributed by atoms with Gasteiger partial charge in [-0.15, -0.1) is 0 Å². The molecule has 1 aromatic carbocycles. The van der Waals surface area contributed by atoms with Gasteiger partial charge in [-0.3, -0.25) is 4.79 Å². The zero-order valence-corrected chi connectivity index (χ0v) is 11.2. The lowest BCUT2D eigenvalue weighted by atomic mass is 9.89. The standard InChI is InChI=1S/C15H22N2O/c1-17(2)14-11-7-6-10-13(14)16-15(18)12-8-4-3-5-9-12/h3-5,8-9,13-14H,6-7,10-11H2,1-2H3,(H,16,18). The van der Waals surface area contributed by atoms with Crippen molar-refractivity contribution in [2.75, 3.05) is 14.1 Å². The van der Waals surface area contributed by atoms with Crippen molar-refractivity contribution in [1.29, 1.82) is 0 Å². The SMILES string of the molecule is CN(C)C1CCCCC1NC(=O)c1ccccc1. The van der Waals surface area contributed by atoms with E-state index in [0.717, 1.165) is 12.0 Å². The van der Waals surface area contributed by atoms with Crippen LogP contribution < -0.4 is 5.32 Å². The summed E-state index contributed by atoms with van der Waals surface area (Å²) in [5.41, 5.74) is 0.751. The first kappa shape index (κ1) is 13.1. The first-order valence-electron chi connectivity index (χ1n) is 6.71. The molecule has 1 aromatic rings. The van der Waals surface area contributed by atoms with E-state index in [1.165, 1.54) is 19.3 Å². The molecule has 0 aliphatic heterocycles. The molecule has 3 nitrogen and oxygen atoms in total. The highest BCUT2D eigenvalue weighted by atomic mass is 16.1. The third-order valence-electron chi connectivity index (χ3n) is 3.75. The molecule has 0 aromatic heterocycles. The van der Waals surface area contributed by atoms with Crippen LogP contribution in [-0.2, 0) is 0 Å². The highest BCUT2D eigenvalue weighted by Gasteiger charge is 2.27. The van der Waals surface area contributed by atoms with E-state index in [4.69, 9.17) is 0 Å². The van der Waals surface area contributed by atoms with Gasteiger partial charge in [0.25, 0.3) is 5.91 Å². The molecule has 18 heavy (non-hydrogen) atoms. The minimum atomic E-state index is 0.0503. The topological polar surface area (TPSA) is 32.3 Å². The lowest BCUT2D eigenvalue weighted by molar-refractivity contribution is 0.0883. The van der Waals surface area contributed by atoms with Crippen molar-refractivity contribution < 1.29 is 4.79 Å². The molecule has 1 fully saturated rings. The summed E-state index contributed by atoms with van der Waals surface area (Å²) in [4.78, 5) is 14.4. The van der Waals surface area contributed by atoms with Crippen LogP contribution in [0.1, 0.15) is 36.0 Å². The molecule has 1 amide bonds. The van der Waals surface area contributed by atoms with Crippen molar-refractivity contribution in [2.45, 2.75) is 37.8 Å². The molecule has 0 heterocycles. The van der Waals surface area contributed by atoms with E-state index < -0.39 is 0 Å². The number of nitrogens with one attached hydrogen (secondary N) is 1. The fourth-order valence-electron chi connectivity index (χ4n) is 2.74. The van der Waals surface area contributed by atoms with Gasteiger partial charge in [-0.25, -0.2) is 0 Å². The van der Waals surface area contributed by atoms with Crippen LogP contribution in [-0.4, -0.2) is 37.0 Å². The van der Waals surface area contributed by atoms with Crippen LogP contribution in [0.3, 0.4) is 0 Å². The second kappa shape index (κ2) is 6.01. The van der Waals surface area contributed by atoms with E-state index >= 15 is 0 Å². The lowest BCUT2D eigenvalue weighted by Crippen LogP contribution is -2.51. The van der Waals surface area contributed by atoms with Gasteiger partial charge in [0.15, 0.2) is 0 Å². The zero-order valence-electron chi connectivity index (χ0n) is 11.2. The van der Waals surface area contributed by atoms with Crippen molar-refractivity contribution in [3.05, 3.63) is 35.9 Å². The van der Waals surface area contributed by atoms with Gasteiger partial charge < -0.3 is 10.2 Å². The van der Waals surface area contributed by atoms with Crippen molar-refractivity contribution in [1.82, 2.24) is 10.2 Å². The lowest BCUT2D eigenvalue weighted by Gasteiger charge is -2.36. The third kappa shape index (κ3) is 3.10. The monoisotopic (exact) mass is 246 g/mol. The molecule has 0 radical (unpaired) electrons. The van der Waals surface area contributed by atoms with E-state index in [0.29, 0.717) is 6.04 Å². The number of likely N-dealkylation sites (N-methyl/N-ethyl adjacent to an activating group) is 1. The van der Waals surface area contributed by atoms with Crippen LogP contribution in [0, 0.1) is 0 Å². The van der Waals surface area contributed by atoms with Gasteiger partial charge >= 0.3 is 0 Å². The van der Waals surface area contributed by atoms with E-state index in [1.54, 1.807) is 0 Å².